The molecule has 2 aromatic carbocycles. The molecule has 1 N–H and O–H groups in total. The van der Waals surface area contributed by atoms with Crippen LogP contribution in [0.25, 0.3) is 0 Å². The van der Waals surface area contributed by atoms with Crippen molar-refractivity contribution < 1.29 is 22.7 Å². The highest BCUT2D eigenvalue weighted by molar-refractivity contribution is 6.00. The minimum absolute atomic E-state index is 0.0315. The summed E-state index contributed by atoms with van der Waals surface area (Å²) in [6, 6.07) is 12.6. The second kappa shape index (κ2) is 6.90. The maximum atomic E-state index is 12.9. The minimum atomic E-state index is -4.76. The average molecular weight is 364 g/mol. The predicted molar refractivity (Wildman–Crippen MR) is 93.3 cm³/mol. The molecule has 2 aromatic rings. The largest absolute Gasteiger partial charge is 0.573 e. The third kappa shape index (κ3) is 3.92. The summed E-state index contributed by atoms with van der Waals surface area (Å²) in [5.74, 6) is -0.466. The van der Waals surface area contributed by atoms with Gasteiger partial charge in [0.1, 0.15) is 11.8 Å². The van der Waals surface area contributed by atoms with Crippen LogP contribution in [0, 0.1) is 0 Å². The number of benzene rings is 2. The molecular weight excluding hydrogens is 345 g/mol. The van der Waals surface area contributed by atoms with Gasteiger partial charge in [-0.05, 0) is 44.0 Å². The molecule has 0 unspecified atom stereocenters. The summed E-state index contributed by atoms with van der Waals surface area (Å²) in [5, 5.41) is 2.96. The first-order chi connectivity index (χ1) is 12.2. The third-order valence-electron chi connectivity index (χ3n) is 4.27. The number of nitrogens with zero attached hydrogens (tertiary/aromatic N) is 1. The molecule has 0 aliphatic carbocycles. The highest BCUT2D eigenvalue weighted by atomic mass is 19.4. The number of carbonyl (C=O) groups excluding carboxylic acids is 1. The van der Waals surface area contributed by atoms with Crippen LogP contribution in [0.2, 0.25) is 0 Å². The standard InChI is InChI=1S/C19H19F3N2O2/c1-12-10-14-6-3-4-9-17(14)24(12)18(25)13(2)23-15-7-5-8-16(11-15)26-19(20,21)22/h3-9,11-13,23H,10H2,1-2H3/t12-,13-/m1/s1. The van der Waals surface area contributed by atoms with E-state index in [0.717, 1.165) is 17.7 Å². The molecule has 26 heavy (non-hydrogen) atoms. The van der Waals surface area contributed by atoms with Gasteiger partial charge in [0.2, 0.25) is 5.91 Å². The van der Waals surface area contributed by atoms with E-state index >= 15 is 0 Å². The Labute approximate surface area is 149 Å². The summed E-state index contributed by atoms with van der Waals surface area (Å²) in [4.78, 5) is 14.6. The smallest absolute Gasteiger partial charge is 0.406 e. The van der Waals surface area contributed by atoms with Crippen LogP contribution in [0.3, 0.4) is 0 Å². The molecule has 1 amide bonds. The monoisotopic (exact) mass is 364 g/mol. The predicted octanol–water partition coefficient (Wildman–Crippen LogP) is 4.36. The molecule has 2 atom stereocenters. The zero-order valence-corrected chi connectivity index (χ0v) is 14.4. The molecule has 0 aromatic heterocycles. The zero-order chi connectivity index (χ0) is 18.9. The van der Waals surface area contributed by atoms with Gasteiger partial charge in [0.25, 0.3) is 0 Å². The van der Waals surface area contributed by atoms with E-state index in [9.17, 15) is 18.0 Å². The molecule has 4 nitrogen and oxygen atoms in total. The average Bonchev–Trinajstić information content (AvgIpc) is 2.88. The van der Waals surface area contributed by atoms with E-state index in [4.69, 9.17) is 0 Å². The molecule has 7 heteroatoms. The topological polar surface area (TPSA) is 41.6 Å². The molecule has 1 aliphatic rings. The number of halogens is 3. The molecule has 1 aliphatic heterocycles. The summed E-state index contributed by atoms with van der Waals surface area (Å²) in [6.45, 7) is 3.66. The maximum absolute atomic E-state index is 12.9. The summed E-state index contributed by atoms with van der Waals surface area (Å²) >= 11 is 0. The Morgan fingerprint density at radius 1 is 1.23 bits per heavy atom. The van der Waals surface area contributed by atoms with Gasteiger partial charge < -0.3 is 15.0 Å². The lowest BCUT2D eigenvalue weighted by Gasteiger charge is -2.27. The van der Waals surface area contributed by atoms with E-state index in [0.29, 0.717) is 5.69 Å². The Morgan fingerprint density at radius 2 is 1.96 bits per heavy atom. The van der Waals surface area contributed by atoms with Gasteiger partial charge in [-0.25, -0.2) is 0 Å². The number of amides is 1. The van der Waals surface area contributed by atoms with Crippen molar-refractivity contribution in [1.82, 2.24) is 0 Å². The Bertz CT molecular complexity index is 807. The lowest BCUT2D eigenvalue weighted by molar-refractivity contribution is -0.274. The van der Waals surface area contributed by atoms with Crippen LogP contribution >= 0.6 is 0 Å². The van der Waals surface area contributed by atoms with Gasteiger partial charge in [0.15, 0.2) is 0 Å². The Kier molecular flexibility index (Phi) is 4.80. The van der Waals surface area contributed by atoms with Crippen molar-refractivity contribution in [2.24, 2.45) is 0 Å². The molecule has 138 valence electrons. The minimum Gasteiger partial charge on any atom is -0.406 e. The normalized spacial score (nSPS) is 17.6. The number of para-hydroxylation sites is 1. The van der Waals surface area contributed by atoms with Gasteiger partial charge in [-0.3, -0.25) is 4.79 Å². The van der Waals surface area contributed by atoms with Crippen LogP contribution in [-0.2, 0) is 11.2 Å². The number of rotatable bonds is 4. The van der Waals surface area contributed by atoms with Crippen LogP contribution in [0.4, 0.5) is 24.5 Å². The van der Waals surface area contributed by atoms with Crippen LogP contribution in [0.15, 0.2) is 48.5 Å². The Hall–Kier alpha value is -2.70. The lowest BCUT2D eigenvalue weighted by Crippen LogP contribution is -2.44. The second-order valence-corrected chi connectivity index (χ2v) is 6.33. The van der Waals surface area contributed by atoms with Crippen molar-refractivity contribution in [2.75, 3.05) is 10.2 Å². The summed E-state index contributed by atoms with van der Waals surface area (Å²) < 4.78 is 41.0. The number of ether oxygens (including phenoxy) is 1. The molecule has 0 saturated heterocycles. The molecule has 1 heterocycles. The molecule has 0 spiro atoms. The third-order valence-corrected chi connectivity index (χ3v) is 4.27. The Morgan fingerprint density at radius 3 is 2.69 bits per heavy atom. The van der Waals surface area contributed by atoms with Gasteiger partial charge in [-0.1, -0.05) is 24.3 Å². The van der Waals surface area contributed by atoms with Gasteiger partial charge >= 0.3 is 6.36 Å². The maximum Gasteiger partial charge on any atom is 0.573 e. The Balaban J connectivity index is 1.73. The van der Waals surface area contributed by atoms with E-state index in [2.05, 4.69) is 10.1 Å². The van der Waals surface area contributed by atoms with Gasteiger partial charge in [-0.15, -0.1) is 13.2 Å². The van der Waals surface area contributed by atoms with Crippen LogP contribution in [0.5, 0.6) is 5.75 Å². The van der Waals surface area contributed by atoms with E-state index < -0.39 is 12.4 Å². The quantitative estimate of drug-likeness (QED) is 0.876. The fraction of sp³-hybridized carbons (Fsp3) is 0.316. The van der Waals surface area contributed by atoms with Crippen molar-refractivity contribution in [3.8, 4) is 5.75 Å². The number of carbonyl (C=O) groups is 1. The van der Waals surface area contributed by atoms with Crippen molar-refractivity contribution in [3.63, 3.8) is 0 Å². The van der Waals surface area contributed by atoms with Crippen molar-refractivity contribution in [3.05, 3.63) is 54.1 Å². The number of alkyl halides is 3. The molecule has 0 bridgehead atoms. The highest BCUT2D eigenvalue weighted by Crippen LogP contribution is 2.32. The molecule has 0 radical (unpaired) electrons. The van der Waals surface area contributed by atoms with Crippen LogP contribution in [-0.4, -0.2) is 24.4 Å². The first kappa shape index (κ1) is 18.1. The number of anilines is 2. The zero-order valence-electron chi connectivity index (χ0n) is 14.4. The van der Waals surface area contributed by atoms with Crippen molar-refractivity contribution in [2.45, 2.75) is 38.7 Å². The van der Waals surface area contributed by atoms with Crippen molar-refractivity contribution >= 4 is 17.3 Å². The van der Waals surface area contributed by atoms with E-state index in [1.807, 2.05) is 31.2 Å². The summed E-state index contributed by atoms with van der Waals surface area (Å²) in [7, 11) is 0. The summed E-state index contributed by atoms with van der Waals surface area (Å²) in [5.41, 5.74) is 2.38. The SMILES string of the molecule is C[C@@H]1Cc2ccccc2N1C(=O)[C@@H](C)Nc1cccc(OC(F)(F)F)c1. The fourth-order valence-electron chi connectivity index (χ4n) is 3.20. The van der Waals surface area contributed by atoms with Gasteiger partial charge in [0, 0.05) is 23.5 Å². The number of hydrogen-bond acceptors (Lipinski definition) is 3. The van der Waals surface area contributed by atoms with Crippen LogP contribution < -0.4 is 15.0 Å². The summed E-state index contributed by atoms with van der Waals surface area (Å²) in [6.07, 6.45) is -3.97. The van der Waals surface area contributed by atoms with E-state index in [-0.39, 0.29) is 17.7 Å². The lowest BCUT2D eigenvalue weighted by atomic mass is 10.1. The second-order valence-electron chi connectivity index (χ2n) is 6.33. The molecule has 0 saturated carbocycles. The number of fused-ring (bicyclic) bond motifs is 1. The number of hydrogen-bond donors (Lipinski definition) is 1. The first-order valence-electron chi connectivity index (χ1n) is 8.28. The van der Waals surface area contributed by atoms with Gasteiger partial charge in [0.05, 0.1) is 0 Å². The molecular formula is C19H19F3N2O2. The van der Waals surface area contributed by atoms with Crippen LogP contribution in [0.1, 0.15) is 19.4 Å². The number of nitrogens with one attached hydrogen (secondary N) is 1. The van der Waals surface area contributed by atoms with E-state index in [1.165, 1.54) is 18.2 Å². The fourth-order valence-corrected chi connectivity index (χ4v) is 3.20. The first-order valence-corrected chi connectivity index (χ1v) is 8.28. The van der Waals surface area contributed by atoms with Gasteiger partial charge in [-0.2, -0.15) is 0 Å². The van der Waals surface area contributed by atoms with Crippen molar-refractivity contribution in [1.29, 1.82) is 0 Å². The van der Waals surface area contributed by atoms with E-state index in [1.54, 1.807) is 17.9 Å². The molecule has 0 fully saturated rings. The highest BCUT2D eigenvalue weighted by Gasteiger charge is 2.33. The molecule has 3 rings (SSSR count).